The number of benzene rings is 2. The Morgan fingerprint density at radius 1 is 1.06 bits per heavy atom. The quantitative estimate of drug-likeness (QED) is 0.330. The molecule has 1 saturated heterocycles. The fourth-order valence-corrected chi connectivity index (χ4v) is 6.92. The lowest BCUT2D eigenvalue weighted by Gasteiger charge is -2.20. The van der Waals surface area contributed by atoms with Crippen LogP contribution in [0.1, 0.15) is 28.9 Å². The van der Waals surface area contributed by atoms with Crippen molar-refractivity contribution in [3.63, 3.8) is 0 Å². The van der Waals surface area contributed by atoms with Crippen LogP contribution in [0.25, 0.3) is 10.2 Å². The third kappa shape index (κ3) is 4.63. The minimum Gasteiger partial charge on any atom is -0.278 e. The molecule has 1 aliphatic heterocycles. The van der Waals surface area contributed by atoms with E-state index in [-0.39, 0.29) is 17.3 Å². The molecular weight excluding hydrogens is 536 g/mol. The fraction of sp³-hybridized carbons (Fsp3) is 0.208. The highest BCUT2D eigenvalue weighted by atomic mass is 79.9. The molecule has 0 N–H and O–H groups in total. The van der Waals surface area contributed by atoms with Crippen LogP contribution in [0.3, 0.4) is 0 Å². The first-order chi connectivity index (χ1) is 16.4. The number of carbonyl (C=O) groups is 1. The summed E-state index contributed by atoms with van der Waals surface area (Å²) in [5, 5.41) is 0.553. The van der Waals surface area contributed by atoms with Crippen molar-refractivity contribution in [2.75, 3.05) is 18.0 Å². The molecule has 5 rings (SSSR count). The number of thiazole rings is 1. The van der Waals surface area contributed by atoms with E-state index in [1.807, 2.05) is 36.4 Å². The zero-order valence-corrected chi connectivity index (χ0v) is 21.3. The number of nitrogens with zero attached hydrogens (tertiary/aromatic N) is 4. The molecule has 2 aromatic carbocycles. The Balaban J connectivity index is 1.48. The van der Waals surface area contributed by atoms with Crippen LogP contribution >= 0.6 is 27.3 Å². The summed E-state index contributed by atoms with van der Waals surface area (Å²) in [4.78, 5) is 24.4. The molecule has 0 unspecified atom stereocenters. The van der Waals surface area contributed by atoms with Gasteiger partial charge >= 0.3 is 0 Å². The highest BCUT2D eigenvalue weighted by Gasteiger charge is 2.28. The lowest BCUT2D eigenvalue weighted by Crippen LogP contribution is -2.31. The lowest BCUT2D eigenvalue weighted by atomic mass is 10.2. The summed E-state index contributed by atoms with van der Waals surface area (Å²) in [6, 6.07) is 17.5. The van der Waals surface area contributed by atoms with Crippen molar-refractivity contribution in [3.8, 4) is 0 Å². The van der Waals surface area contributed by atoms with E-state index in [0.717, 1.165) is 33.2 Å². The summed E-state index contributed by atoms with van der Waals surface area (Å²) in [7, 11) is -3.54. The van der Waals surface area contributed by atoms with Crippen LogP contribution in [0.5, 0.6) is 0 Å². The van der Waals surface area contributed by atoms with Crippen molar-refractivity contribution in [2.24, 2.45) is 0 Å². The Morgan fingerprint density at radius 2 is 1.82 bits per heavy atom. The highest BCUT2D eigenvalue weighted by Crippen LogP contribution is 2.32. The predicted octanol–water partition coefficient (Wildman–Crippen LogP) is 5.09. The Kier molecular flexibility index (Phi) is 6.48. The number of rotatable bonds is 6. The molecule has 1 amide bonds. The molecule has 0 radical (unpaired) electrons. The van der Waals surface area contributed by atoms with Gasteiger partial charge < -0.3 is 0 Å². The van der Waals surface area contributed by atoms with E-state index in [2.05, 4.69) is 25.9 Å². The maximum Gasteiger partial charge on any atom is 0.260 e. The SMILES string of the molecule is O=C(c1ccc(S(=O)(=O)N2CCCC2)cc1)N(Cc1ccccn1)c1nc2ccc(Br)cc2s1. The largest absolute Gasteiger partial charge is 0.278 e. The van der Waals surface area contributed by atoms with Gasteiger partial charge in [-0.15, -0.1) is 0 Å². The van der Waals surface area contributed by atoms with Crippen LogP contribution in [0.15, 0.2) is 76.2 Å². The normalized spacial score (nSPS) is 14.5. The minimum atomic E-state index is -3.54. The number of carbonyl (C=O) groups excluding carboxylic acids is 1. The van der Waals surface area contributed by atoms with Crippen molar-refractivity contribution >= 4 is 58.5 Å². The summed E-state index contributed by atoms with van der Waals surface area (Å²) < 4.78 is 29.1. The minimum absolute atomic E-state index is 0.201. The summed E-state index contributed by atoms with van der Waals surface area (Å²) >= 11 is 4.90. The zero-order chi connectivity index (χ0) is 23.7. The number of sulfonamides is 1. The topological polar surface area (TPSA) is 83.5 Å². The Bertz CT molecular complexity index is 1430. The molecule has 3 heterocycles. The average molecular weight is 557 g/mol. The van der Waals surface area contributed by atoms with Crippen LogP contribution < -0.4 is 4.90 Å². The second-order valence-corrected chi connectivity index (χ2v) is 11.8. The fourth-order valence-electron chi connectivity index (χ4n) is 3.88. The molecule has 2 aromatic heterocycles. The summed E-state index contributed by atoms with van der Waals surface area (Å²) in [5.74, 6) is -0.270. The number of hydrogen-bond donors (Lipinski definition) is 0. The maximum absolute atomic E-state index is 13.6. The molecule has 0 aliphatic carbocycles. The maximum atomic E-state index is 13.6. The number of aromatic nitrogens is 2. The first-order valence-corrected chi connectivity index (χ1v) is 13.8. The average Bonchev–Trinajstić information content (AvgIpc) is 3.53. The van der Waals surface area contributed by atoms with Crippen molar-refractivity contribution in [2.45, 2.75) is 24.3 Å². The highest BCUT2D eigenvalue weighted by molar-refractivity contribution is 9.10. The van der Waals surface area contributed by atoms with Gasteiger partial charge in [0.2, 0.25) is 10.0 Å². The van der Waals surface area contributed by atoms with Crippen molar-refractivity contribution in [1.82, 2.24) is 14.3 Å². The van der Waals surface area contributed by atoms with Gasteiger partial charge in [-0.25, -0.2) is 13.4 Å². The van der Waals surface area contributed by atoms with E-state index in [4.69, 9.17) is 0 Å². The molecule has 0 bridgehead atoms. The van der Waals surface area contributed by atoms with E-state index >= 15 is 0 Å². The van der Waals surface area contributed by atoms with Gasteiger partial charge in [0, 0.05) is 29.3 Å². The smallest absolute Gasteiger partial charge is 0.260 e. The number of hydrogen-bond acceptors (Lipinski definition) is 6. The van der Waals surface area contributed by atoms with Gasteiger partial charge in [0.25, 0.3) is 5.91 Å². The van der Waals surface area contributed by atoms with Gasteiger partial charge in [0.1, 0.15) is 0 Å². The molecule has 0 spiro atoms. The van der Waals surface area contributed by atoms with Gasteiger partial charge in [-0.05, 0) is 67.4 Å². The van der Waals surface area contributed by atoms with E-state index < -0.39 is 10.0 Å². The molecule has 1 aliphatic rings. The van der Waals surface area contributed by atoms with Crippen LogP contribution in [0.2, 0.25) is 0 Å². The van der Waals surface area contributed by atoms with E-state index in [0.29, 0.717) is 23.8 Å². The van der Waals surface area contributed by atoms with Crippen LogP contribution in [-0.2, 0) is 16.6 Å². The number of anilines is 1. The van der Waals surface area contributed by atoms with Crippen LogP contribution in [0, 0.1) is 0 Å². The Labute approximate surface area is 210 Å². The van der Waals surface area contributed by atoms with Gasteiger partial charge in [0.05, 0.1) is 27.4 Å². The van der Waals surface area contributed by atoms with Crippen LogP contribution in [0.4, 0.5) is 5.13 Å². The third-order valence-electron chi connectivity index (χ3n) is 5.67. The first-order valence-electron chi connectivity index (χ1n) is 10.8. The van der Waals surface area contributed by atoms with Gasteiger partial charge in [-0.3, -0.25) is 14.7 Å². The molecule has 1 fully saturated rings. The Morgan fingerprint density at radius 3 is 2.53 bits per heavy atom. The number of fused-ring (bicyclic) bond motifs is 1. The predicted molar refractivity (Wildman–Crippen MR) is 137 cm³/mol. The monoisotopic (exact) mass is 556 g/mol. The molecule has 4 aromatic rings. The molecular formula is C24H21BrN4O3S2. The van der Waals surface area contributed by atoms with E-state index in [1.165, 1.54) is 27.8 Å². The van der Waals surface area contributed by atoms with Crippen molar-refractivity contribution in [3.05, 3.63) is 82.6 Å². The van der Waals surface area contributed by atoms with Gasteiger partial charge in [0.15, 0.2) is 5.13 Å². The summed E-state index contributed by atoms with van der Waals surface area (Å²) in [6.45, 7) is 1.32. The molecule has 174 valence electrons. The standard InChI is InChI=1S/C24H21BrN4O3S2/c25-18-8-11-21-22(15-18)33-24(27-21)29(16-19-5-1-2-12-26-19)23(30)17-6-9-20(10-7-17)34(31,32)28-13-3-4-14-28/h1-2,5-12,15H,3-4,13-14,16H2. The second-order valence-electron chi connectivity index (χ2n) is 7.96. The van der Waals surface area contributed by atoms with Crippen molar-refractivity contribution < 1.29 is 13.2 Å². The van der Waals surface area contributed by atoms with E-state index in [9.17, 15) is 13.2 Å². The lowest BCUT2D eigenvalue weighted by molar-refractivity contribution is 0.0984. The van der Waals surface area contributed by atoms with E-state index in [1.54, 1.807) is 23.2 Å². The zero-order valence-electron chi connectivity index (χ0n) is 18.1. The molecule has 34 heavy (non-hydrogen) atoms. The van der Waals surface area contributed by atoms with Gasteiger partial charge in [-0.2, -0.15) is 4.31 Å². The first kappa shape index (κ1) is 23.1. The number of amides is 1. The molecule has 0 saturated carbocycles. The second kappa shape index (κ2) is 9.53. The Hall–Kier alpha value is -2.66. The molecule has 10 heteroatoms. The number of halogens is 1. The molecule has 7 nitrogen and oxygen atoms in total. The van der Waals surface area contributed by atoms with Gasteiger partial charge in [-0.1, -0.05) is 33.3 Å². The third-order valence-corrected chi connectivity index (χ3v) is 9.11. The summed E-state index contributed by atoms with van der Waals surface area (Å²) in [6.07, 6.45) is 3.43. The molecule has 0 atom stereocenters. The summed E-state index contributed by atoms with van der Waals surface area (Å²) in [5.41, 5.74) is 1.91. The van der Waals surface area contributed by atoms with Crippen molar-refractivity contribution in [1.29, 1.82) is 0 Å². The van der Waals surface area contributed by atoms with Crippen LogP contribution in [-0.4, -0.2) is 41.7 Å². The number of pyridine rings is 1.